The second-order valence-corrected chi connectivity index (χ2v) is 4.16. The number of ether oxygens (including phenoxy) is 1. The van der Waals surface area contributed by atoms with Crippen molar-refractivity contribution < 1.29 is 4.74 Å². The zero-order valence-electron chi connectivity index (χ0n) is 10.2. The number of imidazole rings is 1. The average molecular weight is 238 g/mol. The van der Waals surface area contributed by atoms with Crippen molar-refractivity contribution in [2.75, 3.05) is 0 Å². The standard InChI is InChI=1S/C15H14N2O/c1-2-11-6-5-7-12(10-11)18-15-16-13-8-3-4-9-14(13)17-15/h3-10H,2H2,1H3,(H,16,17). The normalized spacial score (nSPS) is 10.7. The molecule has 2 aromatic carbocycles. The molecule has 0 fully saturated rings. The molecule has 0 unspecified atom stereocenters. The number of hydrogen-bond acceptors (Lipinski definition) is 2. The maximum absolute atomic E-state index is 5.74. The van der Waals surface area contributed by atoms with Crippen molar-refractivity contribution in [3.05, 3.63) is 54.1 Å². The largest absolute Gasteiger partial charge is 0.426 e. The fourth-order valence-corrected chi connectivity index (χ4v) is 1.92. The number of rotatable bonds is 3. The van der Waals surface area contributed by atoms with Crippen LogP contribution in [0.5, 0.6) is 11.8 Å². The minimum Gasteiger partial charge on any atom is -0.426 e. The van der Waals surface area contributed by atoms with Gasteiger partial charge in [-0.25, -0.2) is 0 Å². The smallest absolute Gasteiger partial charge is 0.300 e. The Kier molecular flexibility index (Phi) is 2.73. The lowest BCUT2D eigenvalue weighted by molar-refractivity contribution is 0.449. The van der Waals surface area contributed by atoms with Crippen LogP contribution in [0, 0.1) is 0 Å². The van der Waals surface area contributed by atoms with Gasteiger partial charge in [-0.2, -0.15) is 4.98 Å². The Morgan fingerprint density at radius 2 is 2.00 bits per heavy atom. The maximum Gasteiger partial charge on any atom is 0.300 e. The molecule has 1 aromatic heterocycles. The first-order valence-electron chi connectivity index (χ1n) is 6.06. The molecular weight excluding hydrogens is 224 g/mol. The Bertz CT molecular complexity index is 640. The summed E-state index contributed by atoms with van der Waals surface area (Å²) in [7, 11) is 0. The van der Waals surface area contributed by atoms with Gasteiger partial charge in [0, 0.05) is 0 Å². The van der Waals surface area contributed by atoms with Crippen LogP contribution in [0.4, 0.5) is 0 Å². The number of H-pyrrole nitrogens is 1. The molecule has 3 heteroatoms. The lowest BCUT2D eigenvalue weighted by Crippen LogP contribution is -1.87. The monoisotopic (exact) mass is 238 g/mol. The predicted octanol–water partition coefficient (Wildman–Crippen LogP) is 3.92. The molecule has 0 saturated heterocycles. The van der Waals surface area contributed by atoms with E-state index >= 15 is 0 Å². The summed E-state index contributed by atoms with van der Waals surface area (Å²) < 4.78 is 5.74. The van der Waals surface area contributed by atoms with Crippen molar-refractivity contribution in [1.82, 2.24) is 9.97 Å². The van der Waals surface area contributed by atoms with E-state index in [4.69, 9.17) is 4.74 Å². The SMILES string of the molecule is CCc1cccc(Oc2nc3ccccc3[nH]2)c1. The van der Waals surface area contributed by atoms with Gasteiger partial charge < -0.3 is 9.72 Å². The summed E-state index contributed by atoms with van der Waals surface area (Å²) in [6.45, 7) is 2.13. The molecule has 0 saturated carbocycles. The van der Waals surface area contributed by atoms with Crippen molar-refractivity contribution in [2.45, 2.75) is 13.3 Å². The number of aromatic nitrogens is 2. The van der Waals surface area contributed by atoms with E-state index in [0.717, 1.165) is 23.2 Å². The van der Waals surface area contributed by atoms with Gasteiger partial charge in [-0.3, -0.25) is 0 Å². The third-order valence-electron chi connectivity index (χ3n) is 2.89. The molecule has 0 amide bonds. The van der Waals surface area contributed by atoms with Gasteiger partial charge in [0.25, 0.3) is 6.01 Å². The lowest BCUT2D eigenvalue weighted by Gasteiger charge is -2.03. The van der Waals surface area contributed by atoms with Crippen LogP contribution in [0.25, 0.3) is 11.0 Å². The average Bonchev–Trinajstić information content (AvgIpc) is 2.81. The Morgan fingerprint density at radius 1 is 1.11 bits per heavy atom. The van der Waals surface area contributed by atoms with Crippen LogP contribution in [0.3, 0.4) is 0 Å². The molecule has 0 radical (unpaired) electrons. The summed E-state index contributed by atoms with van der Waals surface area (Å²) in [5.74, 6) is 0.813. The zero-order valence-corrected chi connectivity index (χ0v) is 10.2. The second kappa shape index (κ2) is 4.53. The van der Waals surface area contributed by atoms with E-state index < -0.39 is 0 Å². The van der Waals surface area contributed by atoms with Gasteiger partial charge in [0.1, 0.15) is 5.75 Å². The van der Waals surface area contributed by atoms with E-state index in [1.165, 1.54) is 5.56 Å². The van der Waals surface area contributed by atoms with E-state index in [0.29, 0.717) is 6.01 Å². The molecule has 3 nitrogen and oxygen atoms in total. The van der Waals surface area contributed by atoms with Gasteiger partial charge in [0.15, 0.2) is 0 Å². The molecule has 0 aliphatic rings. The highest BCUT2D eigenvalue weighted by Crippen LogP contribution is 2.22. The number of nitrogens with zero attached hydrogens (tertiary/aromatic N) is 1. The molecule has 3 aromatic rings. The summed E-state index contributed by atoms with van der Waals surface area (Å²) in [4.78, 5) is 7.53. The van der Waals surface area contributed by atoms with E-state index in [2.05, 4.69) is 23.0 Å². The summed E-state index contributed by atoms with van der Waals surface area (Å²) in [5, 5.41) is 0. The Balaban J connectivity index is 1.91. The zero-order chi connectivity index (χ0) is 12.4. The van der Waals surface area contributed by atoms with Crippen molar-refractivity contribution in [1.29, 1.82) is 0 Å². The molecule has 90 valence electrons. The Morgan fingerprint density at radius 3 is 2.83 bits per heavy atom. The molecule has 0 spiro atoms. The first kappa shape index (κ1) is 10.8. The number of fused-ring (bicyclic) bond motifs is 1. The maximum atomic E-state index is 5.74. The highest BCUT2D eigenvalue weighted by Gasteiger charge is 2.04. The number of para-hydroxylation sites is 2. The van der Waals surface area contributed by atoms with Gasteiger partial charge in [0.2, 0.25) is 0 Å². The molecular formula is C15H14N2O. The van der Waals surface area contributed by atoms with Crippen LogP contribution in [-0.2, 0) is 6.42 Å². The van der Waals surface area contributed by atoms with Gasteiger partial charge in [-0.15, -0.1) is 0 Å². The summed E-state index contributed by atoms with van der Waals surface area (Å²) >= 11 is 0. The van der Waals surface area contributed by atoms with Crippen LogP contribution in [0.15, 0.2) is 48.5 Å². The second-order valence-electron chi connectivity index (χ2n) is 4.16. The van der Waals surface area contributed by atoms with Crippen LogP contribution >= 0.6 is 0 Å². The summed E-state index contributed by atoms with van der Waals surface area (Å²) in [6.07, 6.45) is 0.997. The van der Waals surface area contributed by atoms with Gasteiger partial charge in [-0.05, 0) is 36.2 Å². The van der Waals surface area contributed by atoms with Crippen molar-refractivity contribution in [3.63, 3.8) is 0 Å². The first-order valence-corrected chi connectivity index (χ1v) is 6.06. The van der Waals surface area contributed by atoms with Crippen LogP contribution in [0.1, 0.15) is 12.5 Å². The quantitative estimate of drug-likeness (QED) is 0.751. The molecule has 18 heavy (non-hydrogen) atoms. The van der Waals surface area contributed by atoms with E-state index in [1.807, 2.05) is 42.5 Å². The topological polar surface area (TPSA) is 37.9 Å². The van der Waals surface area contributed by atoms with E-state index in [-0.39, 0.29) is 0 Å². The van der Waals surface area contributed by atoms with Crippen LogP contribution < -0.4 is 4.74 Å². The molecule has 3 rings (SSSR count). The minimum absolute atomic E-state index is 0.532. The van der Waals surface area contributed by atoms with Gasteiger partial charge in [-0.1, -0.05) is 31.2 Å². The molecule has 0 aliphatic carbocycles. The number of nitrogens with one attached hydrogen (secondary N) is 1. The van der Waals surface area contributed by atoms with Crippen LogP contribution in [0.2, 0.25) is 0 Å². The minimum atomic E-state index is 0.532. The predicted molar refractivity (Wildman–Crippen MR) is 72.0 cm³/mol. The van der Waals surface area contributed by atoms with Crippen molar-refractivity contribution in [2.24, 2.45) is 0 Å². The third kappa shape index (κ3) is 2.07. The molecule has 0 bridgehead atoms. The number of aromatic amines is 1. The third-order valence-corrected chi connectivity index (χ3v) is 2.89. The first-order chi connectivity index (χ1) is 8.85. The van der Waals surface area contributed by atoms with Gasteiger partial charge >= 0.3 is 0 Å². The Labute approximate surface area is 105 Å². The van der Waals surface area contributed by atoms with Crippen molar-refractivity contribution >= 4 is 11.0 Å². The molecule has 0 atom stereocenters. The number of hydrogen-bond donors (Lipinski definition) is 1. The molecule has 0 aliphatic heterocycles. The highest BCUT2D eigenvalue weighted by atomic mass is 16.5. The molecule has 1 heterocycles. The highest BCUT2D eigenvalue weighted by molar-refractivity contribution is 5.75. The van der Waals surface area contributed by atoms with E-state index in [1.54, 1.807) is 0 Å². The summed E-state index contributed by atoms with van der Waals surface area (Å²) in [6, 6.07) is 16.5. The Hall–Kier alpha value is -2.29. The van der Waals surface area contributed by atoms with Crippen LogP contribution in [-0.4, -0.2) is 9.97 Å². The lowest BCUT2D eigenvalue weighted by atomic mass is 10.2. The molecule has 1 N–H and O–H groups in total. The fraction of sp³-hybridized carbons (Fsp3) is 0.133. The fourth-order valence-electron chi connectivity index (χ4n) is 1.92. The van der Waals surface area contributed by atoms with E-state index in [9.17, 15) is 0 Å². The number of benzene rings is 2. The summed E-state index contributed by atoms with van der Waals surface area (Å²) in [5.41, 5.74) is 3.15. The van der Waals surface area contributed by atoms with Crippen molar-refractivity contribution in [3.8, 4) is 11.8 Å². The van der Waals surface area contributed by atoms with Gasteiger partial charge in [0.05, 0.1) is 11.0 Å². The number of aryl methyl sites for hydroxylation is 1.